The predicted molar refractivity (Wildman–Crippen MR) is 111 cm³/mol. The van der Waals surface area contributed by atoms with Crippen LogP contribution in [0.2, 0.25) is 0 Å². The minimum absolute atomic E-state index is 0.0337. The summed E-state index contributed by atoms with van der Waals surface area (Å²) in [4.78, 5) is 0. The van der Waals surface area contributed by atoms with E-state index in [1.165, 1.54) is 11.6 Å². The molecule has 0 heterocycles. The first-order valence-corrected chi connectivity index (χ1v) is 10.1. The number of allylic oxidation sites excluding steroid dienone is 1. The lowest BCUT2D eigenvalue weighted by molar-refractivity contribution is -0.0544. The molecule has 1 aliphatic rings. The fourth-order valence-electron chi connectivity index (χ4n) is 4.32. The number of alkyl halides is 2. The molecule has 0 aromatic heterocycles. The zero-order chi connectivity index (χ0) is 21.3. The quantitative estimate of drug-likeness (QED) is 0.305. The van der Waals surface area contributed by atoms with Crippen molar-refractivity contribution in [3.05, 3.63) is 78.4 Å². The second-order valence-corrected chi connectivity index (χ2v) is 7.79. The maximum absolute atomic E-state index is 14.4. The molecule has 0 bridgehead atoms. The van der Waals surface area contributed by atoms with E-state index in [1.54, 1.807) is 12.1 Å². The van der Waals surface area contributed by atoms with Crippen LogP contribution in [0.15, 0.2) is 61.2 Å². The Labute approximate surface area is 173 Å². The minimum Gasteiger partial charge on any atom is -0.429 e. The van der Waals surface area contributed by atoms with Crippen molar-refractivity contribution in [1.29, 1.82) is 0 Å². The Balaban J connectivity index is 1.59. The molecule has 1 saturated carbocycles. The van der Waals surface area contributed by atoms with Crippen molar-refractivity contribution in [2.24, 2.45) is 5.92 Å². The lowest BCUT2D eigenvalue weighted by atomic mass is 9.78. The van der Waals surface area contributed by atoms with Crippen molar-refractivity contribution in [2.45, 2.75) is 38.2 Å². The maximum Gasteiger partial charge on any atom is 0.387 e. The highest BCUT2D eigenvalue weighted by Crippen LogP contribution is 2.37. The molecule has 156 valence electrons. The van der Waals surface area contributed by atoms with Gasteiger partial charge in [0.1, 0.15) is 0 Å². The van der Waals surface area contributed by atoms with Crippen molar-refractivity contribution in [1.82, 2.24) is 0 Å². The van der Waals surface area contributed by atoms with E-state index in [9.17, 15) is 17.6 Å². The van der Waals surface area contributed by atoms with Crippen LogP contribution in [0.3, 0.4) is 0 Å². The summed E-state index contributed by atoms with van der Waals surface area (Å²) in [6.07, 6.45) is 6.67. The van der Waals surface area contributed by atoms with Gasteiger partial charge in [0, 0.05) is 5.39 Å². The third-order valence-electron chi connectivity index (χ3n) is 6.01. The molecule has 1 aliphatic carbocycles. The van der Waals surface area contributed by atoms with Gasteiger partial charge in [-0.15, -0.1) is 6.58 Å². The molecule has 0 saturated heterocycles. The monoisotopic (exact) mass is 414 g/mol. The van der Waals surface area contributed by atoms with Gasteiger partial charge in [0.25, 0.3) is 0 Å². The average Bonchev–Trinajstić information content (AvgIpc) is 2.76. The average molecular weight is 414 g/mol. The van der Waals surface area contributed by atoms with E-state index in [0.717, 1.165) is 42.9 Å². The third-order valence-corrected chi connectivity index (χ3v) is 6.01. The highest BCUT2D eigenvalue weighted by molar-refractivity contribution is 5.89. The number of halogens is 4. The van der Waals surface area contributed by atoms with Gasteiger partial charge in [-0.05, 0) is 71.7 Å². The Kier molecular flexibility index (Phi) is 5.80. The van der Waals surface area contributed by atoms with E-state index in [-0.39, 0.29) is 10.8 Å². The third kappa shape index (κ3) is 4.07. The molecule has 30 heavy (non-hydrogen) atoms. The van der Waals surface area contributed by atoms with E-state index >= 15 is 0 Å². The topological polar surface area (TPSA) is 9.23 Å². The standard InChI is InChI=1S/C25H22F4O/c1-2-15-3-5-16(6-4-15)17-7-9-18(10-8-17)19-11-12-21-20(13-19)14-22(26)24(23(21)27)30-25(28)29/h2,7-16,25H,1,3-6H2. The Bertz CT molecular complexity index is 1050. The summed E-state index contributed by atoms with van der Waals surface area (Å²) in [6, 6.07) is 14.1. The molecule has 1 nitrogen and oxygen atoms in total. The zero-order valence-corrected chi connectivity index (χ0v) is 16.4. The summed E-state index contributed by atoms with van der Waals surface area (Å²) in [5, 5.41) is 0.322. The summed E-state index contributed by atoms with van der Waals surface area (Å²) in [6.45, 7) is 0.594. The molecule has 0 radical (unpaired) electrons. The fourth-order valence-corrected chi connectivity index (χ4v) is 4.32. The Morgan fingerprint density at radius 1 is 0.900 bits per heavy atom. The summed E-state index contributed by atoms with van der Waals surface area (Å²) in [7, 11) is 0. The maximum atomic E-state index is 14.4. The van der Waals surface area contributed by atoms with Crippen molar-refractivity contribution in [3.8, 4) is 16.9 Å². The first kappa shape index (κ1) is 20.5. The van der Waals surface area contributed by atoms with E-state index in [1.807, 2.05) is 18.2 Å². The summed E-state index contributed by atoms with van der Waals surface area (Å²) >= 11 is 0. The van der Waals surface area contributed by atoms with Crippen LogP contribution in [0.5, 0.6) is 5.75 Å². The largest absolute Gasteiger partial charge is 0.429 e. The highest BCUT2D eigenvalue weighted by atomic mass is 19.3. The van der Waals surface area contributed by atoms with Crippen LogP contribution in [-0.2, 0) is 0 Å². The van der Waals surface area contributed by atoms with Crippen LogP contribution < -0.4 is 4.74 Å². The molecule has 0 atom stereocenters. The van der Waals surface area contributed by atoms with Gasteiger partial charge in [-0.25, -0.2) is 8.78 Å². The highest BCUT2D eigenvalue weighted by Gasteiger charge is 2.21. The van der Waals surface area contributed by atoms with Gasteiger partial charge in [-0.3, -0.25) is 0 Å². The van der Waals surface area contributed by atoms with Gasteiger partial charge < -0.3 is 4.74 Å². The van der Waals surface area contributed by atoms with Gasteiger partial charge in [0.15, 0.2) is 17.4 Å². The van der Waals surface area contributed by atoms with Gasteiger partial charge in [-0.2, -0.15) is 8.78 Å². The number of hydrogen-bond acceptors (Lipinski definition) is 1. The van der Waals surface area contributed by atoms with Crippen LogP contribution in [0.4, 0.5) is 17.6 Å². The first-order chi connectivity index (χ1) is 14.5. The Morgan fingerprint density at radius 2 is 1.57 bits per heavy atom. The normalized spacial score (nSPS) is 19.2. The molecule has 1 fully saturated rings. The molecular formula is C25H22F4O. The van der Waals surface area contributed by atoms with Gasteiger partial charge in [0.2, 0.25) is 0 Å². The summed E-state index contributed by atoms with van der Waals surface area (Å²) < 4.78 is 57.3. The molecule has 4 rings (SSSR count). The van der Waals surface area contributed by atoms with Crippen molar-refractivity contribution < 1.29 is 22.3 Å². The molecule has 3 aromatic rings. The lowest BCUT2D eigenvalue weighted by Gasteiger charge is -2.27. The van der Waals surface area contributed by atoms with Crippen LogP contribution >= 0.6 is 0 Å². The molecule has 3 aromatic carbocycles. The minimum atomic E-state index is -3.30. The van der Waals surface area contributed by atoms with Gasteiger partial charge in [0.05, 0.1) is 0 Å². The number of hydrogen-bond donors (Lipinski definition) is 0. The van der Waals surface area contributed by atoms with Crippen molar-refractivity contribution >= 4 is 10.8 Å². The van der Waals surface area contributed by atoms with Crippen molar-refractivity contribution in [3.63, 3.8) is 0 Å². The molecule has 0 amide bonds. The first-order valence-electron chi connectivity index (χ1n) is 10.1. The van der Waals surface area contributed by atoms with E-state index in [0.29, 0.717) is 11.8 Å². The van der Waals surface area contributed by atoms with Crippen LogP contribution in [0, 0.1) is 17.6 Å². The SMILES string of the molecule is C=CC1CCC(c2ccc(-c3ccc4c(F)c(OC(F)F)c(F)cc4c3)cc2)CC1. The second-order valence-electron chi connectivity index (χ2n) is 7.79. The molecule has 0 spiro atoms. The van der Waals surface area contributed by atoms with Crippen LogP contribution in [-0.4, -0.2) is 6.61 Å². The number of fused-ring (bicyclic) bond motifs is 1. The second kappa shape index (κ2) is 8.50. The molecular weight excluding hydrogens is 392 g/mol. The van der Waals surface area contributed by atoms with E-state index < -0.39 is 24.0 Å². The van der Waals surface area contributed by atoms with Gasteiger partial charge >= 0.3 is 6.61 Å². The molecule has 5 heteroatoms. The van der Waals surface area contributed by atoms with Crippen LogP contribution in [0.1, 0.15) is 37.2 Å². The van der Waals surface area contributed by atoms with Crippen molar-refractivity contribution in [2.75, 3.05) is 0 Å². The van der Waals surface area contributed by atoms with Gasteiger partial charge in [-0.1, -0.05) is 42.5 Å². The molecule has 0 unspecified atom stereocenters. The summed E-state index contributed by atoms with van der Waals surface area (Å²) in [5.41, 5.74) is 3.02. The summed E-state index contributed by atoms with van der Waals surface area (Å²) in [5.74, 6) is -2.17. The fraction of sp³-hybridized carbons (Fsp3) is 0.280. The Morgan fingerprint density at radius 3 is 2.20 bits per heavy atom. The van der Waals surface area contributed by atoms with Crippen LogP contribution in [0.25, 0.3) is 21.9 Å². The number of benzene rings is 3. The number of rotatable bonds is 5. The predicted octanol–water partition coefficient (Wildman–Crippen LogP) is 7.85. The van der Waals surface area contributed by atoms with E-state index in [2.05, 4.69) is 23.4 Å². The zero-order valence-electron chi connectivity index (χ0n) is 16.4. The molecule has 0 aliphatic heterocycles. The van der Waals surface area contributed by atoms with E-state index in [4.69, 9.17) is 0 Å². The molecule has 0 N–H and O–H groups in total. The Hall–Kier alpha value is -2.82. The smallest absolute Gasteiger partial charge is 0.387 e. The lowest BCUT2D eigenvalue weighted by Crippen LogP contribution is -2.11. The number of ether oxygens (including phenoxy) is 1.